The van der Waals surface area contributed by atoms with Crippen molar-refractivity contribution in [2.24, 2.45) is 11.7 Å². The number of allylic oxidation sites excluding steroid dienone is 3. The molecule has 0 spiro atoms. The number of hydrogen-bond acceptors (Lipinski definition) is 2. The lowest BCUT2D eigenvalue weighted by molar-refractivity contribution is -0.140. The molecule has 0 aliphatic heterocycles. The van der Waals surface area contributed by atoms with Gasteiger partial charge in [-0.15, -0.1) is 0 Å². The van der Waals surface area contributed by atoms with Gasteiger partial charge in [-0.3, -0.25) is 4.79 Å². The maximum atomic E-state index is 11.4. The fraction of sp³-hybridized carbons (Fsp3) is 0.188. The predicted octanol–water partition coefficient (Wildman–Crippen LogP) is 2.61. The van der Waals surface area contributed by atoms with E-state index in [4.69, 9.17) is 5.73 Å². The molecule has 2 unspecified atom stereocenters. The molecule has 0 bridgehead atoms. The van der Waals surface area contributed by atoms with Crippen molar-refractivity contribution in [3.8, 4) is 0 Å². The van der Waals surface area contributed by atoms with Gasteiger partial charge in [0.05, 0.1) is 5.54 Å². The summed E-state index contributed by atoms with van der Waals surface area (Å²) in [5, 5.41) is 9.37. The van der Waals surface area contributed by atoms with Crippen molar-refractivity contribution in [1.29, 1.82) is 0 Å². The third-order valence-electron chi connectivity index (χ3n) is 3.34. The van der Waals surface area contributed by atoms with Crippen LogP contribution in [-0.4, -0.2) is 16.6 Å². The molecule has 0 radical (unpaired) electrons. The summed E-state index contributed by atoms with van der Waals surface area (Å²) in [6, 6.07) is 9.63. The minimum absolute atomic E-state index is 0.760. The maximum absolute atomic E-state index is 11.4. The van der Waals surface area contributed by atoms with E-state index in [1.54, 1.807) is 24.3 Å². The molecule has 19 heavy (non-hydrogen) atoms. The second-order valence-corrected chi connectivity index (χ2v) is 4.58. The van der Waals surface area contributed by atoms with Crippen LogP contribution < -0.4 is 5.73 Å². The number of aliphatic carboxylic acids is 1. The van der Waals surface area contributed by atoms with Gasteiger partial charge >= 0.3 is 5.97 Å². The Hall–Kier alpha value is -2.13. The van der Waals surface area contributed by atoms with Crippen LogP contribution in [0.5, 0.6) is 0 Å². The Morgan fingerprint density at radius 1 is 1.37 bits per heavy atom. The van der Waals surface area contributed by atoms with E-state index < -0.39 is 17.4 Å². The number of carbonyl (C=O) groups is 1. The summed E-state index contributed by atoms with van der Waals surface area (Å²) in [4.78, 5) is 11.4. The molecule has 3 heteroatoms. The monoisotopic (exact) mass is 255 g/mol. The van der Waals surface area contributed by atoms with Gasteiger partial charge in [0.2, 0.25) is 0 Å². The fourth-order valence-corrected chi connectivity index (χ4v) is 2.45. The molecule has 0 fully saturated rings. The first kappa shape index (κ1) is 13.3. The third kappa shape index (κ3) is 2.37. The van der Waals surface area contributed by atoms with Crippen molar-refractivity contribution in [3.63, 3.8) is 0 Å². The van der Waals surface area contributed by atoms with Crippen LogP contribution in [0, 0.1) is 5.92 Å². The van der Waals surface area contributed by atoms with Crippen LogP contribution in [0.25, 0.3) is 5.57 Å². The SMILES string of the molecule is C/C=C/C1(N)C(c2ccccc2)=CC=CC1C(=O)O. The second kappa shape index (κ2) is 5.24. The Labute approximate surface area is 112 Å². The van der Waals surface area contributed by atoms with Crippen LogP contribution in [0.4, 0.5) is 0 Å². The zero-order chi connectivity index (χ0) is 13.9. The predicted molar refractivity (Wildman–Crippen MR) is 76.4 cm³/mol. The van der Waals surface area contributed by atoms with Crippen LogP contribution in [0.1, 0.15) is 12.5 Å². The molecular weight excluding hydrogens is 238 g/mol. The van der Waals surface area contributed by atoms with Gasteiger partial charge < -0.3 is 10.8 Å². The van der Waals surface area contributed by atoms with Crippen molar-refractivity contribution in [2.45, 2.75) is 12.5 Å². The molecule has 0 amide bonds. The molecule has 0 heterocycles. The molecule has 0 aromatic heterocycles. The van der Waals surface area contributed by atoms with Crippen molar-refractivity contribution >= 4 is 11.5 Å². The summed E-state index contributed by atoms with van der Waals surface area (Å²) in [7, 11) is 0. The number of rotatable bonds is 3. The van der Waals surface area contributed by atoms with Gasteiger partial charge in [0.15, 0.2) is 0 Å². The molecular formula is C16H17NO2. The maximum Gasteiger partial charge on any atom is 0.312 e. The van der Waals surface area contributed by atoms with Crippen molar-refractivity contribution in [2.75, 3.05) is 0 Å². The van der Waals surface area contributed by atoms with Gasteiger partial charge in [0, 0.05) is 0 Å². The number of benzene rings is 1. The molecule has 3 nitrogen and oxygen atoms in total. The highest BCUT2D eigenvalue weighted by Crippen LogP contribution is 2.36. The number of hydrogen-bond donors (Lipinski definition) is 2. The van der Waals surface area contributed by atoms with Gasteiger partial charge in [-0.1, -0.05) is 60.7 Å². The van der Waals surface area contributed by atoms with Crippen molar-refractivity contribution in [3.05, 3.63) is 66.3 Å². The lowest BCUT2D eigenvalue weighted by Gasteiger charge is -2.35. The van der Waals surface area contributed by atoms with Crippen LogP contribution in [-0.2, 0) is 4.79 Å². The van der Waals surface area contributed by atoms with E-state index >= 15 is 0 Å². The van der Waals surface area contributed by atoms with E-state index in [0.717, 1.165) is 11.1 Å². The molecule has 0 saturated heterocycles. The summed E-state index contributed by atoms with van der Waals surface area (Å²) >= 11 is 0. The lowest BCUT2D eigenvalue weighted by atomic mass is 9.72. The van der Waals surface area contributed by atoms with Crippen LogP contribution >= 0.6 is 0 Å². The molecule has 3 N–H and O–H groups in total. The van der Waals surface area contributed by atoms with E-state index in [0.29, 0.717) is 0 Å². The van der Waals surface area contributed by atoms with Crippen molar-refractivity contribution < 1.29 is 9.90 Å². The topological polar surface area (TPSA) is 63.3 Å². The van der Waals surface area contributed by atoms with Crippen LogP contribution in [0.3, 0.4) is 0 Å². The Morgan fingerprint density at radius 3 is 2.63 bits per heavy atom. The number of carboxylic acid groups (broad SMARTS) is 1. The zero-order valence-electron chi connectivity index (χ0n) is 10.8. The van der Waals surface area contributed by atoms with Crippen LogP contribution in [0.15, 0.2) is 60.7 Å². The molecule has 1 aromatic carbocycles. The lowest BCUT2D eigenvalue weighted by Crippen LogP contribution is -2.50. The van der Waals surface area contributed by atoms with E-state index in [-0.39, 0.29) is 0 Å². The summed E-state index contributed by atoms with van der Waals surface area (Å²) in [5.74, 6) is -1.68. The minimum atomic E-state index is -1.02. The van der Waals surface area contributed by atoms with E-state index in [2.05, 4.69) is 0 Å². The first-order chi connectivity index (χ1) is 9.09. The van der Waals surface area contributed by atoms with Gasteiger partial charge in [-0.2, -0.15) is 0 Å². The molecule has 1 aromatic rings. The van der Waals surface area contributed by atoms with Crippen molar-refractivity contribution in [1.82, 2.24) is 0 Å². The summed E-state index contributed by atoms with van der Waals surface area (Å²) in [6.45, 7) is 1.84. The smallest absolute Gasteiger partial charge is 0.312 e. The first-order valence-electron chi connectivity index (χ1n) is 6.19. The van der Waals surface area contributed by atoms with Gasteiger partial charge in [-0.25, -0.2) is 0 Å². The highest BCUT2D eigenvalue weighted by Gasteiger charge is 2.41. The average Bonchev–Trinajstić information content (AvgIpc) is 2.39. The van der Waals surface area contributed by atoms with E-state index in [1.165, 1.54) is 0 Å². The summed E-state index contributed by atoms with van der Waals surface area (Å²) < 4.78 is 0. The van der Waals surface area contributed by atoms with Gasteiger partial charge in [0.1, 0.15) is 5.92 Å². The zero-order valence-corrected chi connectivity index (χ0v) is 10.8. The molecule has 1 aliphatic carbocycles. The summed E-state index contributed by atoms with van der Waals surface area (Å²) in [6.07, 6.45) is 8.83. The quantitative estimate of drug-likeness (QED) is 0.816. The molecule has 2 rings (SSSR count). The number of nitrogens with two attached hydrogens (primary N) is 1. The fourth-order valence-electron chi connectivity index (χ4n) is 2.45. The number of carboxylic acids is 1. The minimum Gasteiger partial charge on any atom is -0.481 e. The Morgan fingerprint density at radius 2 is 2.05 bits per heavy atom. The second-order valence-electron chi connectivity index (χ2n) is 4.58. The van der Waals surface area contributed by atoms with Gasteiger partial charge in [-0.05, 0) is 18.1 Å². The molecule has 98 valence electrons. The molecule has 1 aliphatic rings. The Balaban J connectivity index is 2.55. The average molecular weight is 255 g/mol. The van der Waals surface area contributed by atoms with E-state index in [1.807, 2.05) is 43.3 Å². The van der Waals surface area contributed by atoms with E-state index in [9.17, 15) is 9.90 Å². The van der Waals surface area contributed by atoms with Gasteiger partial charge in [0.25, 0.3) is 0 Å². The molecule has 0 saturated carbocycles. The highest BCUT2D eigenvalue weighted by atomic mass is 16.4. The Bertz CT molecular complexity index is 557. The van der Waals surface area contributed by atoms with Crippen LogP contribution in [0.2, 0.25) is 0 Å². The Kier molecular flexibility index (Phi) is 3.67. The first-order valence-corrected chi connectivity index (χ1v) is 6.19. The largest absolute Gasteiger partial charge is 0.481 e. The summed E-state index contributed by atoms with van der Waals surface area (Å²) in [5.41, 5.74) is 7.15. The highest BCUT2D eigenvalue weighted by molar-refractivity contribution is 5.87. The normalized spacial score (nSPS) is 26.4. The molecule has 2 atom stereocenters. The third-order valence-corrected chi connectivity index (χ3v) is 3.34. The standard InChI is InChI=1S/C16H17NO2/c1-2-11-16(17)13(12-7-4-3-5-8-12)9-6-10-14(16)15(18)19/h2-11,14H,17H2,1H3,(H,18,19)/b11-2+.